The summed E-state index contributed by atoms with van der Waals surface area (Å²) in [6.07, 6.45) is -0.155. The molecule has 2 aliphatic rings. The quantitative estimate of drug-likeness (QED) is 0.413. The van der Waals surface area contributed by atoms with E-state index in [0.717, 1.165) is 6.42 Å². The van der Waals surface area contributed by atoms with Crippen LogP contribution in [0.5, 0.6) is 0 Å². The molecule has 3 heteroatoms. The fourth-order valence-corrected chi connectivity index (χ4v) is 2.27. The SMILES string of the molecule is OC1CC2CC1C(O)C2O. The molecule has 5 atom stereocenters. The Labute approximate surface area is 59.3 Å². The zero-order chi connectivity index (χ0) is 7.30. The molecule has 0 spiro atoms. The van der Waals surface area contributed by atoms with E-state index < -0.39 is 12.2 Å². The van der Waals surface area contributed by atoms with Gasteiger partial charge in [-0.15, -0.1) is 0 Å². The fraction of sp³-hybridized carbons (Fsp3) is 1.00. The molecule has 5 unspecified atom stereocenters. The van der Waals surface area contributed by atoms with Gasteiger partial charge in [0.05, 0.1) is 18.3 Å². The summed E-state index contributed by atoms with van der Waals surface area (Å²) in [6.45, 7) is 0. The van der Waals surface area contributed by atoms with Crippen LogP contribution in [0.4, 0.5) is 0 Å². The van der Waals surface area contributed by atoms with Crippen molar-refractivity contribution in [2.45, 2.75) is 31.2 Å². The molecule has 0 heterocycles. The third-order valence-corrected chi connectivity index (χ3v) is 2.88. The van der Waals surface area contributed by atoms with Gasteiger partial charge in [0.2, 0.25) is 0 Å². The maximum absolute atomic E-state index is 9.25. The summed E-state index contributed by atoms with van der Waals surface area (Å²) < 4.78 is 0. The Kier molecular flexibility index (Phi) is 1.27. The van der Waals surface area contributed by atoms with Crippen molar-refractivity contribution in [2.24, 2.45) is 11.8 Å². The van der Waals surface area contributed by atoms with Crippen LogP contribution < -0.4 is 0 Å². The minimum Gasteiger partial charge on any atom is -0.393 e. The van der Waals surface area contributed by atoms with Gasteiger partial charge in [0.15, 0.2) is 0 Å². The van der Waals surface area contributed by atoms with Gasteiger partial charge in [-0.1, -0.05) is 0 Å². The van der Waals surface area contributed by atoms with E-state index in [1.807, 2.05) is 0 Å². The molecule has 0 aliphatic heterocycles. The van der Waals surface area contributed by atoms with E-state index >= 15 is 0 Å². The van der Waals surface area contributed by atoms with Crippen LogP contribution >= 0.6 is 0 Å². The zero-order valence-corrected chi connectivity index (χ0v) is 5.64. The van der Waals surface area contributed by atoms with Crippen LogP contribution in [0.25, 0.3) is 0 Å². The fourth-order valence-electron chi connectivity index (χ4n) is 2.27. The lowest BCUT2D eigenvalue weighted by Crippen LogP contribution is -2.38. The van der Waals surface area contributed by atoms with Gasteiger partial charge in [0, 0.05) is 5.92 Å². The molecule has 2 rings (SSSR count). The van der Waals surface area contributed by atoms with Gasteiger partial charge in [0.1, 0.15) is 0 Å². The van der Waals surface area contributed by atoms with Gasteiger partial charge in [-0.3, -0.25) is 0 Å². The number of fused-ring (bicyclic) bond motifs is 2. The minimum absolute atomic E-state index is 0.0556. The average molecular weight is 144 g/mol. The zero-order valence-electron chi connectivity index (χ0n) is 5.64. The summed E-state index contributed by atoms with van der Waals surface area (Å²) in [7, 11) is 0. The second-order valence-electron chi connectivity index (χ2n) is 3.44. The molecular weight excluding hydrogens is 132 g/mol. The highest BCUT2D eigenvalue weighted by Gasteiger charge is 2.50. The normalized spacial score (nSPS) is 59.7. The predicted octanol–water partition coefficient (Wildman–Crippen LogP) is -0.891. The molecular formula is C7H12O3. The molecule has 0 aromatic heterocycles. The van der Waals surface area contributed by atoms with Crippen molar-refractivity contribution >= 4 is 0 Å². The Hall–Kier alpha value is -0.120. The lowest BCUT2D eigenvalue weighted by molar-refractivity contribution is -0.0589. The number of aliphatic hydroxyl groups is 3. The van der Waals surface area contributed by atoms with Gasteiger partial charge >= 0.3 is 0 Å². The van der Waals surface area contributed by atoms with Gasteiger partial charge in [0.25, 0.3) is 0 Å². The molecule has 3 nitrogen and oxygen atoms in total. The molecule has 2 saturated carbocycles. The molecule has 0 saturated heterocycles. The first-order chi connectivity index (χ1) is 4.70. The number of rotatable bonds is 0. The molecule has 2 aliphatic carbocycles. The van der Waals surface area contributed by atoms with Gasteiger partial charge in [-0.25, -0.2) is 0 Å². The van der Waals surface area contributed by atoms with E-state index in [-0.39, 0.29) is 17.9 Å². The van der Waals surface area contributed by atoms with Crippen LogP contribution in [0.3, 0.4) is 0 Å². The lowest BCUT2D eigenvalue weighted by Gasteiger charge is -2.26. The van der Waals surface area contributed by atoms with E-state index in [1.165, 1.54) is 0 Å². The van der Waals surface area contributed by atoms with Crippen molar-refractivity contribution in [1.29, 1.82) is 0 Å². The van der Waals surface area contributed by atoms with Crippen molar-refractivity contribution in [3.05, 3.63) is 0 Å². The molecule has 0 radical (unpaired) electrons. The van der Waals surface area contributed by atoms with Crippen molar-refractivity contribution in [2.75, 3.05) is 0 Å². The molecule has 58 valence electrons. The van der Waals surface area contributed by atoms with Crippen molar-refractivity contribution in [3.63, 3.8) is 0 Å². The number of aliphatic hydroxyl groups excluding tert-OH is 3. The maximum atomic E-state index is 9.25. The third-order valence-electron chi connectivity index (χ3n) is 2.88. The lowest BCUT2D eigenvalue weighted by atomic mass is 9.93. The van der Waals surface area contributed by atoms with Gasteiger partial charge in [-0.2, -0.15) is 0 Å². The van der Waals surface area contributed by atoms with Crippen LogP contribution in [-0.4, -0.2) is 33.6 Å². The standard InChI is InChI=1S/C7H12O3/c8-5-2-3-1-4(5)7(10)6(3)9/h3-10H,1-2H2. The highest BCUT2D eigenvalue weighted by molar-refractivity contribution is 5.01. The topological polar surface area (TPSA) is 60.7 Å². The summed E-state index contributed by atoms with van der Waals surface area (Å²) >= 11 is 0. The smallest absolute Gasteiger partial charge is 0.0854 e. The number of hydrogen-bond donors (Lipinski definition) is 3. The first kappa shape index (κ1) is 6.58. The first-order valence-corrected chi connectivity index (χ1v) is 3.74. The second-order valence-corrected chi connectivity index (χ2v) is 3.44. The van der Waals surface area contributed by atoms with Crippen LogP contribution in [0.15, 0.2) is 0 Å². The highest BCUT2D eigenvalue weighted by atomic mass is 16.3. The molecule has 2 fully saturated rings. The van der Waals surface area contributed by atoms with Gasteiger partial charge in [-0.05, 0) is 18.8 Å². The highest BCUT2D eigenvalue weighted by Crippen LogP contribution is 2.44. The first-order valence-electron chi connectivity index (χ1n) is 3.74. The second kappa shape index (κ2) is 1.94. The van der Waals surface area contributed by atoms with Crippen molar-refractivity contribution in [3.8, 4) is 0 Å². The molecule has 2 bridgehead atoms. The minimum atomic E-state index is -0.672. The Bertz CT molecular complexity index is 146. The monoisotopic (exact) mass is 144 g/mol. The molecule has 0 amide bonds. The summed E-state index contributed by atoms with van der Waals surface area (Å²) in [5, 5.41) is 27.7. The van der Waals surface area contributed by atoms with Crippen molar-refractivity contribution < 1.29 is 15.3 Å². The summed E-state index contributed by atoms with van der Waals surface area (Å²) in [4.78, 5) is 0. The third kappa shape index (κ3) is 0.654. The van der Waals surface area contributed by atoms with Crippen LogP contribution in [0.2, 0.25) is 0 Å². The Balaban J connectivity index is 2.16. The Morgan fingerprint density at radius 2 is 1.60 bits per heavy atom. The average Bonchev–Trinajstić information content (AvgIpc) is 2.36. The van der Waals surface area contributed by atoms with Crippen molar-refractivity contribution in [1.82, 2.24) is 0 Å². The van der Waals surface area contributed by atoms with E-state index in [4.69, 9.17) is 0 Å². The summed E-state index contributed by atoms with van der Waals surface area (Å²) in [6, 6.07) is 0. The maximum Gasteiger partial charge on any atom is 0.0854 e. The van der Waals surface area contributed by atoms with E-state index in [0.29, 0.717) is 6.42 Å². The molecule has 0 aromatic rings. The molecule has 3 N–H and O–H groups in total. The van der Waals surface area contributed by atoms with Crippen LogP contribution in [-0.2, 0) is 0 Å². The summed E-state index contributed by atoms with van der Waals surface area (Å²) in [5.41, 5.74) is 0. The molecule has 0 aromatic carbocycles. The van der Waals surface area contributed by atoms with Crippen LogP contribution in [0.1, 0.15) is 12.8 Å². The Morgan fingerprint density at radius 1 is 0.900 bits per heavy atom. The van der Waals surface area contributed by atoms with E-state index in [2.05, 4.69) is 0 Å². The summed E-state index contributed by atoms with van der Waals surface area (Å²) in [5.74, 6) is 0.0926. The van der Waals surface area contributed by atoms with E-state index in [9.17, 15) is 15.3 Å². The van der Waals surface area contributed by atoms with Gasteiger partial charge < -0.3 is 15.3 Å². The van der Waals surface area contributed by atoms with Crippen LogP contribution in [0, 0.1) is 11.8 Å². The predicted molar refractivity (Wildman–Crippen MR) is 34.2 cm³/mol. The largest absolute Gasteiger partial charge is 0.393 e. The van der Waals surface area contributed by atoms with E-state index in [1.54, 1.807) is 0 Å². The Morgan fingerprint density at radius 3 is 2.00 bits per heavy atom. The molecule has 10 heavy (non-hydrogen) atoms. The number of hydrogen-bond acceptors (Lipinski definition) is 3.